The normalized spacial score (nSPS) is 10.6. The van der Waals surface area contributed by atoms with Crippen LogP contribution in [-0.2, 0) is 0 Å². The van der Waals surface area contributed by atoms with Crippen LogP contribution in [0.4, 0.5) is 0 Å². The number of benzene rings is 2. The Balaban J connectivity index is 2.02. The van der Waals surface area contributed by atoms with E-state index in [1.54, 1.807) is 49.6 Å². The van der Waals surface area contributed by atoms with Crippen molar-refractivity contribution in [2.75, 3.05) is 7.11 Å². The quantitative estimate of drug-likeness (QED) is 0.688. The minimum atomic E-state index is -0.329. The number of ether oxygens (including phenoxy) is 1. The Hall–Kier alpha value is -2.04. The average molecular weight is 323 g/mol. The van der Waals surface area contributed by atoms with Gasteiger partial charge in [-0.3, -0.25) is 4.79 Å². The Morgan fingerprint density at radius 3 is 2.71 bits per heavy atom. The van der Waals surface area contributed by atoms with Crippen molar-refractivity contribution in [2.24, 2.45) is 5.10 Å². The Labute approximate surface area is 132 Å². The van der Waals surface area contributed by atoms with E-state index in [-0.39, 0.29) is 5.91 Å². The van der Waals surface area contributed by atoms with E-state index in [0.29, 0.717) is 21.4 Å². The van der Waals surface area contributed by atoms with Crippen molar-refractivity contribution >= 4 is 35.3 Å². The van der Waals surface area contributed by atoms with Gasteiger partial charge in [-0.1, -0.05) is 35.3 Å². The van der Waals surface area contributed by atoms with Gasteiger partial charge in [-0.2, -0.15) is 5.10 Å². The molecule has 0 fully saturated rings. The molecule has 0 aliphatic carbocycles. The van der Waals surface area contributed by atoms with Crippen LogP contribution in [0.1, 0.15) is 15.9 Å². The highest BCUT2D eigenvalue weighted by molar-refractivity contribution is 6.42. The Bertz CT molecular complexity index is 687. The van der Waals surface area contributed by atoms with Crippen molar-refractivity contribution in [1.82, 2.24) is 5.43 Å². The highest BCUT2D eigenvalue weighted by atomic mass is 35.5. The fourth-order valence-corrected chi connectivity index (χ4v) is 1.89. The lowest BCUT2D eigenvalue weighted by Crippen LogP contribution is -2.17. The van der Waals surface area contributed by atoms with Crippen molar-refractivity contribution in [3.05, 3.63) is 63.6 Å². The Morgan fingerprint density at radius 2 is 2.00 bits per heavy atom. The van der Waals surface area contributed by atoms with Crippen LogP contribution in [0.5, 0.6) is 5.75 Å². The summed E-state index contributed by atoms with van der Waals surface area (Å²) in [5.41, 5.74) is 3.62. The highest BCUT2D eigenvalue weighted by Gasteiger charge is 2.05. The number of hydrazone groups is 1. The summed E-state index contributed by atoms with van der Waals surface area (Å²) >= 11 is 11.7. The molecule has 0 aromatic heterocycles. The number of methoxy groups -OCH3 is 1. The van der Waals surface area contributed by atoms with Crippen molar-refractivity contribution in [1.29, 1.82) is 0 Å². The molecule has 0 spiro atoms. The second kappa shape index (κ2) is 7.11. The third-order valence-corrected chi connectivity index (χ3v) is 3.39. The van der Waals surface area contributed by atoms with Gasteiger partial charge < -0.3 is 4.74 Å². The molecule has 4 nitrogen and oxygen atoms in total. The predicted molar refractivity (Wildman–Crippen MR) is 84.5 cm³/mol. The minimum Gasteiger partial charge on any atom is -0.497 e. The molecule has 0 saturated heterocycles. The zero-order valence-electron chi connectivity index (χ0n) is 11.1. The van der Waals surface area contributed by atoms with Crippen LogP contribution < -0.4 is 10.2 Å². The third-order valence-electron chi connectivity index (χ3n) is 2.66. The third kappa shape index (κ3) is 4.21. The molecule has 108 valence electrons. The SMILES string of the molecule is COc1cccc(C(=O)NN=Cc2ccc(Cl)c(Cl)c2)c1. The summed E-state index contributed by atoms with van der Waals surface area (Å²) in [7, 11) is 1.54. The average Bonchev–Trinajstić information content (AvgIpc) is 2.50. The van der Waals surface area contributed by atoms with E-state index in [4.69, 9.17) is 27.9 Å². The molecule has 1 N–H and O–H groups in total. The van der Waals surface area contributed by atoms with Gasteiger partial charge in [0, 0.05) is 5.56 Å². The van der Waals surface area contributed by atoms with E-state index in [1.807, 2.05) is 0 Å². The van der Waals surface area contributed by atoms with Crippen LogP contribution >= 0.6 is 23.2 Å². The number of amides is 1. The number of rotatable bonds is 4. The number of nitrogens with one attached hydrogen (secondary N) is 1. The van der Waals surface area contributed by atoms with Gasteiger partial charge in [-0.25, -0.2) is 5.43 Å². The van der Waals surface area contributed by atoms with Crippen LogP contribution in [0.25, 0.3) is 0 Å². The molecule has 0 aliphatic rings. The van der Waals surface area contributed by atoms with Gasteiger partial charge in [0.2, 0.25) is 0 Å². The Morgan fingerprint density at radius 1 is 1.19 bits per heavy atom. The summed E-state index contributed by atoms with van der Waals surface area (Å²) < 4.78 is 5.06. The number of carbonyl (C=O) groups is 1. The number of carbonyl (C=O) groups excluding carboxylic acids is 1. The first kappa shape index (κ1) is 15.4. The topological polar surface area (TPSA) is 50.7 Å². The molecule has 1 amide bonds. The molecule has 0 unspecified atom stereocenters. The van der Waals surface area contributed by atoms with E-state index in [1.165, 1.54) is 6.21 Å². The summed E-state index contributed by atoms with van der Waals surface area (Å²) in [4.78, 5) is 11.9. The van der Waals surface area contributed by atoms with Crippen LogP contribution in [0.2, 0.25) is 10.0 Å². The summed E-state index contributed by atoms with van der Waals surface area (Å²) in [6.07, 6.45) is 1.49. The zero-order chi connectivity index (χ0) is 15.2. The van der Waals surface area contributed by atoms with E-state index in [2.05, 4.69) is 10.5 Å². The molecule has 0 saturated carbocycles. The molecule has 2 rings (SSSR count). The standard InChI is InChI=1S/C15H12Cl2N2O2/c1-21-12-4-2-3-11(8-12)15(20)19-18-9-10-5-6-13(16)14(17)7-10/h2-9H,1H3,(H,19,20). The summed E-state index contributed by atoms with van der Waals surface area (Å²) in [5, 5.41) is 4.77. The molecular formula is C15H12Cl2N2O2. The smallest absolute Gasteiger partial charge is 0.271 e. The number of halogens is 2. The van der Waals surface area contributed by atoms with Gasteiger partial charge in [0.05, 0.1) is 23.4 Å². The summed E-state index contributed by atoms with van der Waals surface area (Å²) in [5.74, 6) is 0.279. The molecule has 0 bridgehead atoms. The van der Waals surface area contributed by atoms with Crippen molar-refractivity contribution in [3.8, 4) is 5.75 Å². The van der Waals surface area contributed by atoms with Gasteiger partial charge in [0.1, 0.15) is 5.75 Å². The molecular weight excluding hydrogens is 311 g/mol. The van der Waals surface area contributed by atoms with Crippen molar-refractivity contribution in [3.63, 3.8) is 0 Å². The second-order valence-corrected chi connectivity index (χ2v) is 4.92. The summed E-state index contributed by atoms with van der Waals surface area (Å²) in [6, 6.07) is 11.9. The lowest BCUT2D eigenvalue weighted by Gasteiger charge is -2.03. The van der Waals surface area contributed by atoms with E-state index in [0.717, 1.165) is 5.56 Å². The second-order valence-electron chi connectivity index (χ2n) is 4.10. The highest BCUT2D eigenvalue weighted by Crippen LogP contribution is 2.21. The maximum atomic E-state index is 11.9. The summed E-state index contributed by atoms with van der Waals surface area (Å²) in [6.45, 7) is 0. The fourth-order valence-electron chi connectivity index (χ4n) is 1.59. The number of nitrogens with zero attached hydrogens (tertiary/aromatic N) is 1. The lowest BCUT2D eigenvalue weighted by atomic mass is 10.2. The van der Waals surface area contributed by atoms with Gasteiger partial charge in [0.25, 0.3) is 5.91 Å². The minimum absolute atomic E-state index is 0.329. The first-order chi connectivity index (χ1) is 10.1. The largest absolute Gasteiger partial charge is 0.497 e. The van der Waals surface area contributed by atoms with Gasteiger partial charge in [-0.15, -0.1) is 0 Å². The van der Waals surface area contributed by atoms with Crippen LogP contribution in [0.15, 0.2) is 47.6 Å². The lowest BCUT2D eigenvalue weighted by molar-refractivity contribution is 0.0955. The zero-order valence-corrected chi connectivity index (χ0v) is 12.7. The molecule has 0 heterocycles. The van der Waals surface area contributed by atoms with Crippen LogP contribution in [0.3, 0.4) is 0 Å². The van der Waals surface area contributed by atoms with Gasteiger partial charge in [0.15, 0.2) is 0 Å². The molecule has 0 aliphatic heterocycles. The maximum absolute atomic E-state index is 11.9. The predicted octanol–water partition coefficient (Wildman–Crippen LogP) is 3.77. The molecule has 6 heteroatoms. The van der Waals surface area contributed by atoms with Gasteiger partial charge in [-0.05, 0) is 35.9 Å². The molecule has 21 heavy (non-hydrogen) atoms. The van der Waals surface area contributed by atoms with Crippen molar-refractivity contribution < 1.29 is 9.53 Å². The van der Waals surface area contributed by atoms with Crippen molar-refractivity contribution in [2.45, 2.75) is 0 Å². The van der Waals surface area contributed by atoms with Gasteiger partial charge >= 0.3 is 0 Å². The first-order valence-corrected chi connectivity index (χ1v) is 6.78. The van der Waals surface area contributed by atoms with E-state index < -0.39 is 0 Å². The van der Waals surface area contributed by atoms with Crippen LogP contribution in [-0.4, -0.2) is 19.2 Å². The number of hydrogen-bond acceptors (Lipinski definition) is 3. The van der Waals surface area contributed by atoms with E-state index in [9.17, 15) is 4.79 Å². The maximum Gasteiger partial charge on any atom is 0.271 e. The monoisotopic (exact) mass is 322 g/mol. The number of hydrogen-bond donors (Lipinski definition) is 1. The Kier molecular flexibility index (Phi) is 5.20. The first-order valence-electron chi connectivity index (χ1n) is 6.02. The fraction of sp³-hybridized carbons (Fsp3) is 0.0667. The molecule has 0 atom stereocenters. The van der Waals surface area contributed by atoms with E-state index >= 15 is 0 Å². The molecule has 2 aromatic rings. The molecule has 2 aromatic carbocycles. The van der Waals surface area contributed by atoms with Crippen LogP contribution in [0, 0.1) is 0 Å². The molecule has 0 radical (unpaired) electrons.